The van der Waals surface area contributed by atoms with Gasteiger partial charge in [0.1, 0.15) is 12.4 Å². The fourth-order valence-electron chi connectivity index (χ4n) is 5.00. The van der Waals surface area contributed by atoms with Gasteiger partial charge in [0.05, 0.1) is 22.4 Å². The summed E-state index contributed by atoms with van der Waals surface area (Å²) in [6.45, 7) is 8.59. The number of thioether (sulfide) groups is 1. The molecule has 3 aromatic rings. The molecule has 0 unspecified atom stereocenters. The molecule has 2 amide bonds. The number of carbonyl (C=O) groups excluding carboxylic acids is 2. The van der Waals surface area contributed by atoms with Gasteiger partial charge in [-0.1, -0.05) is 39.0 Å². The molecule has 9 heteroatoms. The number of nitrogens with zero attached hydrogens (tertiary/aromatic N) is 3. The van der Waals surface area contributed by atoms with E-state index in [4.69, 9.17) is 14.6 Å². The van der Waals surface area contributed by atoms with E-state index < -0.39 is 0 Å². The minimum atomic E-state index is -0.316. The summed E-state index contributed by atoms with van der Waals surface area (Å²) in [5.74, 6) is 2.05. The minimum absolute atomic E-state index is 0.0438. The molecule has 0 spiro atoms. The van der Waals surface area contributed by atoms with Crippen LogP contribution >= 0.6 is 11.8 Å². The van der Waals surface area contributed by atoms with Gasteiger partial charge in [0.15, 0.2) is 11.5 Å². The molecule has 3 aliphatic rings. The molecule has 3 heterocycles. The van der Waals surface area contributed by atoms with Crippen molar-refractivity contribution < 1.29 is 19.1 Å². The van der Waals surface area contributed by atoms with E-state index >= 15 is 0 Å². The molecule has 8 nitrogen and oxygen atoms in total. The van der Waals surface area contributed by atoms with Crippen molar-refractivity contribution >= 4 is 29.4 Å². The Morgan fingerprint density at radius 3 is 2.66 bits per heavy atom. The first kappa shape index (κ1) is 24.9. The highest BCUT2D eigenvalue weighted by molar-refractivity contribution is 8.00. The van der Waals surface area contributed by atoms with Crippen LogP contribution in [0.2, 0.25) is 0 Å². The second kappa shape index (κ2) is 9.38. The van der Waals surface area contributed by atoms with Gasteiger partial charge in [-0.15, -0.1) is 11.8 Å². The summed E-state index contributed by atoms with van der Waals surface area (Å²) in [6, 6.07) is 14.2. The van der Waals surface area contributed by atoms with Crippen LogP contribution in [-0.4, -0.2) is 46.7 Å². The van der Waals surface area contributed by atoms with E-state index in [1.165, 1.54) is 0 Å². The van der Waals surface area contributed by atoms with E-state index in [0.29, 0.717) is 17.3 Å². The Morgan fingerprint density at radius 2 is 1.92 bits per heavy atom. The topological polar surface area (TPSA) is 85.7 Å². The van der Waals surface area contributed by atoms with Crippen LogP contribution in [0.25, 0.3) is 5.69 Å². The number of hydrogen-bond donors (Lipinski definition) is 1. The van der Waals surface area contributed by atoms with E-state index in [9.17, 15) is 9.59 Å². The van der Waals surface area contributed by atoms with Crippen molar-refractivity contribution in [2.24, 2.45) is 0 Å². The van der Waals surface area contributed by atoms with Gasteiger partial charge in [-0.2, -0.15) is 5.10 Å². The summed E-state index contributed by atoms with van der Waals surface area (Å²) in [5, 5.41) is 8.01. The third-order valence-corrected chi connectivity index (χ3v) is 8.24. The maximum Gasteiger partial charge on any atom is 0.240 e. The molecular weight excluding hydrogens is 500 g/mol. The number of anilines is 1. The van der Waals surface area contributed by atoms with E-state index in [1.807, 2.05) is 48.0 Å². The second-order valence-electron chi connectivity index (χ2n) is 11.2. The fraction of sp³-hybridized carbons (Fsp3) is 0.414. The molecule has 2 aromatic carbocycles. The molecule has 38 heavy (non-hydrogen) atoms. The van der Waals surface area contributed by atoms with Gasteiger partial charge < -0.3 is 14.8 Å². The zero-order valence-corrected chi connectivity index (χ0v) is 22.9. The molecule has 198 valence electrons. The molecule has 1 aromatic heterocycles. The molecule has 0 bridgehead atoms. The molecule has 1 aliphatic carbocycles. The zero-order valence-electron chi connectivity index (χ0n) is 22.1. The standard InChI is InChI=1S/C29H32N4O4S/c1-17-6-5-7-20(12-17)33-28-25(27(31-33)29(2,3)4)26(18-8-11-21-22(13-18)37-16-36-21)38-15-24(35)32(28)14-23(34)30-19-9-10-19/h5-8,11-13,19,26H,9-10,14-16H2,1-4H3,(H,30,34)/t26-/m0/s1. The van der Waals surface area contributed by atoms with Gasteiger partial charge >= 0.3 is 0 Å². The average Bonchev–Trinajstić information content (AvgIpc) is 3.43. The number of nitrogens with one attached hydrogen (secondary N) is 1. The van der Waals surface area contributed by atoms with Gasteiger partial charge in [0.25, 0.3) is 0 Å². The van der Waals surface area contributed by atoms with Crippen LogP contribution < -0.4 is 19.7 Å². The van der Waals surface area contributed by atoms with Gasteiger partial charge in [0.2, 0.25) is 18.6 Å². The first-order chi connectivity index (χ1) is 18.2. The Morgan fingerprint density at radius 1 is 1.13 bits per heavy atom. The van der Waals surface area contributed by atoms with Crippen molar-refractivity contribution in [3.8, 4) is 17.2 Å². The third kappa shape index (κ3) is 4.64. The Labute approximate surface area is 226 Å². The van der Waals surface area contributed by atoms with Crippen LogP contribution in [0.1, 0.15) is 61.2 Å². The Bertz CT molecular complexity index is 1420. The number of aryl methyl sites for hydroxylation is 1. The molecule has 1 fully saturated rings. The molecule has 1 atom stereocenters. The van der Waals surface area contributed by atoms with Crippen LogP contribution in [-0.2, 0) is 15.0 Å². The lowest BCUT2D eigenvalue weighted by Crippen LogP contribution is -2.43. The highest BCUT2D eigenvalue weighted by Gasteiger charge is 2.40. The summed E-state index contributed by atoms with van der Waals surface area (Å²) < 4.78 is 13.1. The summed E-state index contributed by atoms with van der Waals surface area (Å²) >= 11 is 1.56. The molecule has 2 aliphatic heterocycles. The Hall–Kier alpha value is -3.46. The zero-order chi connectivity index (χ0) is 26.6. The van der Waals surface area contributed by atoms with Gasteiger partial charge in [0, 0.05) is 17.0 Å². The summed E-state index contributed by atoms with van der Waals surface area (Å²) in [4.78, 5) is 28.4. The summed E-state index contributed by atoms with van der Waals surface area (Å²) in [6.07, 6.45) is 1.98. The number of fused-ring (bicyclic) bond motifs is 2. The van der Waals surface area contributed by atoms with Crippen molar-refractivity contribution in [3.05, 3.63) is 64.8 Å². The van der Waals surface area contributed by atoms with Crippen LogP contribution in [0.3, 0.4) is 0 Å². The van der Waals surface area contributed by atoms with Crippen molar-refractivity contribution in [2.45, 2.75) is 57.2 Å². The van der Waals surface area contributed by atoms with E-state index in [2.05, 4.69) is 32.2 Å². The van der Waals surface area contributed by atoms with Gasteiger partial charge in [-0.3, -0.25) is 14.5 Å². The van der Waals surface area contributed by atoms with E-state index in [1.54, 1.807) is 16.7 Å². The lowest BCUT2D eigenvalue weighted by molar-refractivity contribution is -0.123. The molecular formula is C29H32N4O4S. The first-order valence-corrected chi connectivity index (χ1v) is 14.1. The number of hydrogen-bond acceptors (Lipinski definition) is 6. The average molecular weight is 533 g/mol. The van der Waals surface area contributed by atoms with Crippen LogP contribution in [0.4, 0.5) is 5.82 Å². The monoisotopic (exact) mass is 532 g/mol. The van der Waals surface area contributed by atoms with Crippen molar-refractivity contribution in [1.82, 2.24) is 15.1 Å². The second-order valence-corrected chi connectivity index (χ2v) is 12.3. The fourth-order valence-corrected chi connectivity index (χ4v) is 6.18. The van der Waals surface area contributed by atoms with Gasteiger partial charge in [-0.25, -0.2) is 4.68 Å². The number of carbonyl (C=O) groups is 2. The number of aromatic nitrogens is 2. The minimum Gasteiger partial charge on any atom is -0.454 e. The van der Waals surface area contributed by atoms with Crippen LogP contribution in [0.15, 0.2) is 42.5 Å². The van der Waals surface area contributed by atoms with E-state index in [-0.39, 0.29) is 47.6 Å². The number of ether oxygens (including phenoxy) is 2. The van der Waals surface area contributed by atoms with Crippen molar-refractivity contribution in [2.75, 3.05) is 24.0 Å². The highest BCUT2D eigenvalue weighted by Crippen LogP contribution is 2.49. The highest BCUT2D eigenvalue weighted by atomic mass is 32.2. The SMILES string of the molecule is Cc1cccc(-n2nc(C(C)(C)C)c3c2N(CC(=O)NC2CC2)C(=O)CS[C@H]3c2ccc3c(c2)OCO3)c1. The van der Waals surface area contributed by atoms with Gasteiger partial charge in [-0.05, 0) is 55.2 Å². The van der Waals surface area contributed by atoms with Crippen molar-refractivity contribution in [3.63, 3.8) is 0 Å². The molecule has 0 radical (unpaired) electrons. The third-order valence-electron chi connectivity index (χ3n) is 6.99. The maximum atomic E-state index is 13.7. The van der Waals surface area contributed by atoms with Crippen LogP contribution in [0, 0.1) is 6.92 Å². The maximum absolute atomic E-state index is 13.7. The largest absolute Gasteiger partial charge is 0.454 e. The number of benzene rings is 2. The molecule has 1 saturated carbocycles. The number of rotatable bonds is 5. The predicted molar refractivity (Wildman–Crippen MR) is 147 cm³/mol. The van der Waals surface area contributed by atoms with E-state index in [0.717, 1.165) is 40.9 Å². The van der Waals surface area contributed by atoms with Crippen LogP contribution in [0.5, 0.6) is 11.5 Å². The lowest BCUT2D eigenvalue weighted by Gasteiger charge is -2.24. The first-order valence-electron chi connectivity index (χ1n) is 13.0. The Balaban J connectivity index is 1.57. The normalized spacial score (nSPS) is 18.8. The predicted octanol–water partition coefficient (Wildman–Crippen LogP) is 4.65. The Kier molecular flexibility index (Phi) is 6.13. The summed E-state index contributed by atoms with van der Waals surface area (Å²) in [5.41, 5.74) is 4.48. The van der Waals surface area contributed by atoms with Crippen molar-refractivity contribution in [1.29, 1.82) is 0 Å². The quantitative estimate of drug-likeness (QED) is 0.515. The summed E-state index contributed by atoms with van der Waals surface area (Å²) in [7, 11) is 0. The smallest absolute Gasteiger partial charge is 0.240 e. The molecule has 0 saturated heterocycles. The molecule has 1 N–H and O–H groups in total. The molecule has 6 rings (SSSR count). The number of amides is 2. The lowest BCUT2D eigenvalue weighted by atomic mass is 9.87.